The summed E-state index contributed by atoms with van der Waals surface area (Å²) in [7, 11) is 1.63. The predicted molar refractivity (Wildman–Crippen MR) is 96.8 cm³/mol. The van der Waals surface area contributed by atoms with Crippen LogP contribution < -0.4 is 9.64 Å². The van der Waals surface area contributed by atoms with E-state index in [4.69, 9.17) is 15.0 Å². The molecule has 0 saturated heterocycles. The van der Waals surface area contributed by atoms with Crippen LogP contribution in [0.15, 0.2) is 70.2 Å². The molecule has 2 aliphatic rings. The number of rotatable bonds is 2. The number of hydrogen-bond acceptors (Lipinski definition) is 5. The molecule has 0 saturated carbocycles. The number of nitrogens with zero attached hydrogens (tertiary/aromatic N) is 3. The van der Waals surface area contributed by atoms with Crippen molar-refractivity contribution in [2.45, 2.75) is 4.90 Å². The number of hydrogen-bond donors (Lipinski definition) is 0. The standard InChI is InChI=1S/C19H12FN3OS/c1-24-15-6-7-17-18(11-15)25-19-22-16(10-14(8-9-21)23(17)19)12-2-4-13(20)5-3-12/h2-8,10-11H,1H3/b14-8+. The molecule has 0 unspecified atom stereocenters. The fraction of sp³-hybridized carbons (Fsp3) is 0.0526. The Hall–Kier alpha value is -3.04. The highest BCUT2D eigenvalue weighted by molar-refractivity contribution is 8.14. The molecule has 0 aromatic heterocycles. The number of amidine groups is 1. The fourth-order valence-electron chi connectivity index (χ4n) is 2.74. The van der Waals surface area contributed by atoms with Crippen molar-refractivity contribution in [3.63, 3.8) is 0 Å². The first-order chi connectivity index (χ1) is 12.2. The van der Waals surface area contributed by atoms with E-state index >= 15 is 0 Å². The van der Waals surface area contributed by atoms with E-state index in [-0.39, 0.29) is 5.82 Å². The van der Waals surface area contributed by atoms with Crippen molar-refractivity contribution in [2.75, 3.05) is 12.0 Å². The van der Waals surface area contributed by atoms with Gasteiger partial charge in [-0.05, 0) is 60.3 Å². The number of ether oxygens (including phenoxy) is 1. The van der Waals surface area contributed by atoms with E-state index < -0.39 is 0 Å². The molecule has 2 aromatic rings. The number of thioether (sulfide) groups is 1. The molecule has 2 heterocycles. The first kappa shape index (κ1) is 15.5. The SMILES string of the molecule is COc1ccc2c(c1)SC1=NC(c3ccc(F)cc3)=C/C(=C\C#N)N12. The second kappa shape index (κ2) is 6.11. The van der Waals surface area contributed by atoms with Crippen LogP contribution in [0.3, 0.4) is 0 Å². The highest BCUT2D eigenvalue weighted by Gasteiger charge is 2.32. The zero-order chi connectivity index (χ0) is 17.4. The van der Waals surface area contributed by atoms with E-state index in [1.807, 2.05) is 29.2 Å². The molecule has 0 atom stereocenters. The summed E-state index contributed by atoms with van der Waals surface area (Å²) in [6.07, 6.45) is 3.32. The van der Waals surface area contributed by atoms with Gasteiger partial charge in [0.1, 0.15) is 11.6 Å². The number of aliphatic imine (C=N–C) groups is 1. The van der Waals surface area contributed by atoms with Crippen LogP contribution in [0.1, 0.15) is 5.56 Å². The number of fused-ring (bicyclic) bond motifs is 3. The maximum Gasteiger partial charge on any atom is 0.178 e. The van der Waals surface area contributed by atoms with Crippen molar-refractivity contribution in [3.8, 4) is 11.8 Å². The molecule has 0 fully saturated rings. The maximum atomic E-state index is 13.2. The molecule has 4 nitrogen and oxygen atoms in total. The van der Waals surface area contributed by atoms with Gasteiger partial charge >= 0.3 is 0 Å². The average molecular weight is 349 g/mol. The summed E-state index contributed by atoms with van der Waals surface area (Å²) in [5.41, 5.74) is 3.18. The minimum atomic E-state index is -0.294. The van der Waals surface area contributed by atoms with Gasteiger partial charge in [-0.25, -0.2) is 9.38 Å². The van der Waals surface area contributed by atoms with Gasteiger partial charge in [-0.15, -0.1) is 0 Å². The number of methoxy groups -OCH3 is 1. The smallest absolute Gasteiger partial charge is 0.178 e. The first-order valence-electron chi connectivity index (χ1n) is 7.52. The van der Waals surface area contributed by atoms with Crippen LogP contribution in [0, 0.1) is 17.1 Å². The number of nitriles is 1. The van der Waals surface area contributed by atoms with E-state index in [2.05, 4.69) is 6.07 Å². The molecule has 0 amide bonds. The van der Waals surface area contributed by atoms with Crippen LogP contribution >= 0.6 is 11.8 Å². The van der Waals surface area contributed by atoms with E-state index in [0.717, 1.165) is 32.8 Å². The van der Waals surface area contributed by atoms with Gasteiger partial charge in [0, 0.05) is 16.5 Å². The van der Waals surface area contributed by atoms with E-state index in [0.29, 0.717) is 5.70 Å². The van der Waals surface area contributed by atoms with Gasteiger partial charge in [0.2, 0.25) is 0 Å². The molecule has 0 aliphatic carbocycles. The van der Waals surface area contributed by atoms with Crippen LogP contribution in [0.2, 0.25) is 0 Å². The molecule has 4 rings (SSSR count). The van der Waals surface area contributed by atoms with Crippen LogP contribution in [0.25, 0.3) is 5.70 Å². The lowest BCUT2D eigenvalue weighted by Crippen LogP contribution is -2.26. The van der Waals surface area contributed by atoms with Gasteiger partial charge in [0.05, 0.1) is 30.3 Å². The lowest BCUT2D eigenvalue weighted by atomic mass is 10.1. The van der Waals surface area contributed by atoms with Crippen molar-refractivity contribution < 1.29 is 9.13 Å². The normalized spacial score (nSPS) is 16.7. The summed E-state index contributed by atoms with van der Waals surface area (Å²) in [5.74, 6) is 0.473. The number of halogens is 1. The fourth-order valence-corrected chi connectivity index (χ4v) is 3.81. The Bertz CT molecular complexity index is 987. The summed E-state index contributed by atoms with van der Waals surface area (Å²) in [5, 5.41) is 9.92. The zero-order valence-corrected chi connectivity index (χ0v) is 14.0. The van der Waals surface area contributed by atoms with Crippen LogP contribution in [0.4, 0.5) is 10.1 Å². The molecule has 0 N–H and O–H groups in total. The number of benzene rings is 2. The Labute approximate surface area is 148 Å². The number of allylic oxidation sites excluding steroid dienone is 2. The topological polar surface area (TPSA) is 48.6 Å². The maximum absolute atomic E-state index is 13.2. The molecule has 2 aromatic carbocycles. The van der Waals surface area contributed by atoms with Crippen LogP contribution in [-0.4, -0.2) is 12.3 Å². The van der Waals surface area contributed by atoms with Gasteiger partial charge in [0.25, 0.3) is 0 Å². The minimum Gasteiger partial charge on any atom is -0.497 e. The predicted octanol–water partition coefficient (Wildman–Crippen LogP) is 4.56. The van der Waals surface area contributed by atoms with E-state index in [9.17, 15) is 4.39 Å². The second-order valence-electron chi connectivity index (χ2n) is 5.40. The summed E-state index contributed by atoms with van der Waals surface area (Å²) >= 11 is 1.51. The molecular weight excluding hydrogens is 337 g/mol. The highest BCUT2D eigenvalue weighted by Crippen LogP contribution is 2.46. The number of anilines is 1. The Balaban J connectivity index is 1.81. The summed E-state index contributed by atoms with van der Waals surface area (Å²) in [6.45, 7) is 0. The molecule has 25 heavy (non-hydrogen) atoms. The van der Waals surface area contributed by atoms with Crippen molar-refractivity contribution in [3.05, 3.63) is 71.7 Å². The zero-order valence-electron chi connectivity index (χ0n) is 13.2. The van der Waals surface area contributed by atoms with Gasteiger partial charge in [-0.1, -0.05) is 0 Å². The van der Waals surface area contributed by atoms with Gasteiger partial charge in [0.15, 0.2) is 5.17 Å². The molecule has 0 spiro atoms. The summed E-state index contributed by atoms with van der Waals surface area (Å²) in [6, 6.07) is 14.0. The summed E-state index contributed by atoms with van der Waals surface area (Å²) < 4.78 is 18.5. The first-order valence-corrected chi connectivity index (χ1v) is 8.33. The summed E-state index contributed by atoms with van der Waals surface area (Å²) in [4.78, 5) is 7.65. The van der Waals surface area contributed by atoms with E-state index in [1.165, 1.54) is 30.0 Å². The Morgan fingerprint density at radius 3 is 2.76 bits per heavy atom. The van der Waals surface area contributed by atoms with Crippen molar-refractivity contribution in [1.29, 1.82) is 5.26 Å². The van der Waals surface area contributed by atoms with Crippen molar-refractivity contribution in [1.82, 2.24) is 0 Å². The highest BCUT2D eigenvalue weighted by atomic mass is 32.2. The Morgan fingerprint density at radius 2 is 2.04 bits per heavy atom. The molecular formula is C19H12FN3OS. The third-order valence-corrected chi connectivity index (χ3v) is 4.92. The molecule has 122 valence electrons. The van der Waals surface area contributed by atoms with Crippen molar-refractivity contribution in [2.24, 2.45) is 4.99 Å². The largest absolute Gasteiger partial charge is 0.497 e. The quantitative estimate of drug-likeness (QED) is 0.746. The molecule has 0 bridgehead atoms. The monoisotopic (exact) mass is 349 g/mol. The lowest BCUT2D eigenvalue weighted by Gasteiger charge is -2.24. The third kappa shape index (κ3) is 2.69. The van der Waals surface area contributed by atoms with Gasteiger partial charge in [-0.3, -0.25) is 4.90 Å². The Morgan fingerprint density at radius 1 is 1.24 bits per heavy atom. The van der Waals surface area contributed by atoms with Crippen LogP contribution in [0.5, 0.6) is 5.75 Å². The lowest BCUT2D eigenvalue weighted by molar-refractivity contribution is 0.414. The average Bonchev–Trinajstić information content (AvgIpc) is 3.00. The van der Waals surface area contributed by atoms with Crippen LogP contribution in [-0.2, 0) is 0 Å². The molecule has 0 radical (unpaired) electrons. The van der Waals surface area contributed by atoms with Gasteiger partial charge in [-0.2, -0.15) is 5.26 Å². The third-order valence-electron chi connectivity index (χ3n) is 3.91. The minimum absolute atomic E-state index is 0.294. The molecule has 6 heteroatoms. The van der Waals surface area contributed by atoms with Crippen molar-refractivity contribution >= 4 is 28.3 Å². The van der Waals surface area contributed by atoms with E-state index in [1.54, 1.807) is 19.2 Å². The molecule has 2 aliphatic heterocycles. The van der Waals surface area contributed by atoms with Gasteiger partial charge < -0.3 is 4.74 Å². The second-order valence-corrected chi connectivity index (χ2v) is 6.41. The Kier molecular flexibility index (Phi) is 3.79.